The van der Waals surface area contributed by atoms with E-state index in [2.05, 4.69) is 122 Å². The Kier molecular flexibility index (Phi) is 21.1. The first-order chi connectivity index (χ1) is 55.9. The predicted octanol–water partition coefficient (Wildman–Crippen LogP) is 13.1. The van der Waals surface area contributed by atoms with Crippen LogP contribution in [0.2, 0.25) is 0 Å². The highest BCUT2D eigenvalue weighted by atomic mass is 32.1. The molecule has 5 aliphatic rings. The van der Waals surface area contributed by atoms with Crippen LogP contribution >= 0.6 is 45.3 Å². The lowest BCUT2D eigenvalue weighted by Crippen LogP contribution is -2.50. The van der Waals surface area contributed by atoms with Crippen molar-refractivity contribution in [3.8, 4) is 45.0 Å². The molecule has 4 aromatic carbocycles. The van der Waals surface area contributed by atoms with E-state index >= 15 is 0 Å². The van der Waals surface area contributed by atoms with Gasteiger partial charge in [0.2, 0.25) is 0 Å². The third-order valence-corrected chi connectivity index (χ3v) is 26.1. The van der Waals surface area contributed by atoms with Crippen molar-refractivity contribution in [2.75, 3.05) is 138 Å². The van der Waals surface area contributed by atoms with E-state index in [1.807, 2.05) is 125 Å². The minimum atomic E-state index is -0.0598. The summed E-state index contributed by atoms with van der Waals surface area (Å²) in [5, 5.41) is 7.56. The number of thiazole rings is 4. The first-order valence-electron chi connectivity index (χ1n) is 39.4. The Hall–Kier alpha value is -11.1. The van der Waals surface area contributed by atoms with Gasteiger partial charge in [0.05, 0.1) is 106 Å². The second kappa shape index (κ2) is 32.3. The highest BCUT2D eigenvalue weighted by Gasteiger charge is 2.31. The smallest absolute Gasteiger partial charge is 0.258 e. The zero-order valence-corrected chi connectivity index (χ0v) is 68.4. The molecule has 28 heteroatoms. The zero-order valence-electron chi connectivity index (χ0n) is 65.1. The molecule has 0 saturated carbocycles. The van der Waals surface area contributed by atoms with Gasteiger partial charge >= 0.3 is 0 Å². The van der Waals surface area contributed by atoms with Crippen LogP contribution in [-0.2, 0) is 0 Å². The summed E-state index contributed by atoms with van der Waals surface area (Å²) >= 11 is 6.63. The number of benzene rings is 4. The summed E-state index contributed by atoms with van der Waals surface area (Å²) in [6.07, 6.45) is 12.5. The summed E-state index contributed by atoms with van der Waals surface area (Å²) in [7, 11) is 4.29. The maximum absolute atomic E-state index is 12.9. The van der Waals surface area contributed by atoms with Crippen molar-refractivity contribution < 1.29 is 0 Å². The number of nitrogens with zero attached hydrogens (tertiary/aromatic N) is 19. The summed E-state index contributed by atoms with van der Waals surface area (Å²) in [6.45, 7) is 24.5. The van der Waals surface area contributed by atoms with Gasteiger partial charge in [0, 0.05) is 162 Å². The number of hydrogen-bond acceptors (Lipinski definition) is 24. The van der Waals surface area contributed by atoms with Crippen LogP contribution in [0.4, 0.5) is 22.7 Å². The largest absolute Gasteiger partial charge is 0.369 e. The van der Waals surface area contributed by atoms with Gasteiger partial charge in [-0.25, -0.2) is 39.9 Å². The molecule has 0 bridgehead atoms. The fraction of sp³-hybridized carbons (Fsp3) is 0.310. The highest BCUT2D eigenvalue weighted by molar-refractivity contribution is 7.19. The van der Waals surface area contributed by atoms with Crippen molar-refractivity contribution in [1.82, 2.24) is 77.5 Å². The molecule has 1 atom stereocenters. The summed E-state index contributed by atoms with van der Waals surface area (Å²) < 4.78 is 11.1. The molecule has 24 nitrogen and oxygen atoms in total. The van der Waals surface area contributed by atoms with Crippen molar-refractivity contribution in [3.05, 3.63) is 232 Å². The average Bonchev–Trinajstić information content (AvgIpc) is 1.51. The van der Waals surface area contributed by atoms with E-state index in [1.54, 1.807) is 87.2 Å². The van der Waals surface area contributed by atoms with Crippen LogP contribution in [0.1, 0.15) is 45.7 Å². The number of nitrogens with one attached hydrogen (secondary N) is 1. The number of aromatic nitrogens is 12. The lowest BCUT2D eigenvalue weighted by molar-refractivity contribution is 0.231. The molecule has 0 radical (unpaired) electrons. The Balaban J connectivity index is 0.000000106. The highest BCUT2D eigenvalue weighted by Crippen LogP contribution is 2.34. The Morgan fingerprint density at radius 1 is 0.322 bits per heavy atom. The van der Waals surface area contributed by atoms with E-state index < -0.39 is 0 Å². The van der Waals surface area contributed by atoms with Crippen molar-refractivity contribution in [1.29, 1.82) is 0 Å². The summed E-state index contributed by atoms with van der Waals surface area (Å²) in [5.74, 6) is 0. The molecular weight excluding hydrogens is 1520 g/mol. The number of likely N-dealkylation sites (N-methyl/N-ethyl adjacent to an activating group) is 2. The van der Waals surface area contributed by atoms with Gasteiger partial charge in [-0.15, -0.1) is 45.3 Å². The van der Waals surface area contributed by atoms with Crippen LogP contribution in [0.25, 0.3) is 108 Å². The predicted molar refractivity (Wildman–Crippen MR) is 470 cm³/mol. The van der Waals surface area contributed by atoms with E-state index in [0.29, 0.717) is 51.4 Å². The van der Waals surface area contributed by atoms with Crippen LogP contribution in [0, 0.1) is 27.7 Å². The lowest BCUT2D eigenvalue weighted by atomic mass is 10.1. The maximum Gasteiger partial charge on any atom is 0.258 e. The molecule has 5 fully saturated rings. The van der Waals surface area contributed by atoms with Gasteiger partial charge in [0.1, 0.15) is 22.6 Å². The third-order valence-electron chi connectivity index (χ3n) is 22.4. The minimum Gasteiger partial charge on any atom is -0.369 e. The van der Waals surface area contributed by atoms with Crippen molar-refractivity contribution in [2.24, 2.45) is 0 Å². The van der Waals surface area contributed by atoms with Crippen molar-refractivity contribution >= 4 is 132 Å². The van der Waals surface area contributed by atoms with Gasteiger partial charge in [-0.2, -0.15) is 0 Å². The van der Waals surface area contributed by atoms with Gasteiger partial charge in [-0.05, 0) is 184 Å². The van der Waals surface area contributed by atoms with Crippen molar-refractivity contribution in [2.45, 2.75) is 59.4 Å². The van der Waals surface area contributed by atoms with Crippen LogP contribution in [0.3, 0.4) is 0 Å². The Labute approximate surface area is 679 Å². The third kappa shape index (κ3) is 16.3. The maximum atomic E-state index is 12.9. The second-order valence-electron chi connectivity index (χ2n) is 30.3. The molecule has 16 aromatic rings. The number of anilines is 4. The molecule has 1 N–H and O–H groups in total. The van der Waals surface area contributed by atoms with Crippen LogP contribution in [0.15, 0.2) is 190 Å². The van der Waals surface area contributed by atoms with E-state index in [0.717, 1.165) is 217 Å². The zero-order chi connectivity index (χ0) is 78.5. The SMILES string of the molecule is Cc1nc2ccc(-c3cc(=O)n4cc(N5CCCN(C)CC5)ccc4n3)cc2s1.Cc1nc2ccc(-c3cc(=O)n4cc(N5CCCNCC5)ccc4n3)cc2s1.Cc1nc2ccc(-c3cc(=O)n4cc(N5CCN(C)CC5)ccc4n3)cc2s1.Cc1nc2ccc(-c3cc(=O)n4cc(N5CCN6CCC[C@H]6C5)ccc4n3)cc2s1. The number of hydrogen-bond donors (Lipinski definition) is 1. The van der Waals surface area contributed by atoms with E-state index in [4.69, 9.17) is 19.9 Å². The van der Waals surface area contributed by atoms with Gasteiger partial charge < -0.3 is 34.7 Å². The molecule has 12 aromatic heterocycles. The topological polar surface area (TPSA) is 224 Å². The first kappa shape index (κ1) is 75.3. The molecular formula is C87H88N20O4S4. The molecule has 17 heterocycles. The lowest BCUT2D eigenvalue weighted by Gasteiger charge is -2.38. The fourth-order valence-corrected chi connectivity index (χ4v) is 19.7. The van der Waals surface area contributed by atoms with E-state index in [9.17, 15) is 19.2 Å². The number of piperazine rings is 2. The monoisotopic (exact) mass is 1600 g/mol. The minimum absolute atomic E-state index is 0.0445. The van der Waals surface area contributed by atoms with Gasteiger partial charge in [-0.1, -0.05) is 24.3 Å². The van der Waals surface area contributed by atoms with Gasteiger partial charge in [-0.3, -0.25) is 41.7 Å². The fourth-order valence-electron chi connectivity index (χ4n) is 16.2. The Morgan fingerprint density at radius 2 is 0.661 bits per heavy atom. The molecule has 0 spiro atoms. The second-order valence-corrected chi connectivity index (χ2v) is 35.3. The Morgan fingerprint density at radius 3 is 1.05 bits per heavy atom. The quantitative estimate of drug-likeness (QED) is 0.149. The molecule has 5 aliphatic heterocycles. The summed E-state index contributed by atoms with van der Waals surface area (Å²) in [6, 6.07) is 47.5. The van der Waals surface area contributed by atoms with E-state index in [-0.39, 0.29) is 22.2 Å². The molecule has 584 valence electrons. The normalized spacial score (nSPS) is 16.6. The van der Waals surface area contributed by atoms with Gasteiger partial charge in [0.15, 0.2) is 0 Å². The molecule has 5 saturated heterocycles. The molecule has 0 aliphatic carbocycles. The standard InChI is InChI=1S/C23H23N5OS.C22H23N5OS.2C21H21N5OS/c1-15-24-19-6-4-16(11-21(19)30-15)20-12-23(29)28-14-18(5-7-22(28)25-20)27-10-9-26-8-2-3-17(26)13-27;1-15-23-18-6-4-16(12-20(18)29-15)19-13-22(28)27-14-17(5-7-21(27)24-19)26-9-3-8-25(2)10-11-26;1-14-22-17-5-3-15(11-19(17)28-14)18-12-21(27)26-13-16(4-6-20(26)23-18)25-9-7-24(2)8-10-25;1-14-23-17-5-3-15(11-19(17)28-14)18-12-21(27)26-13-16(4-6-20(26)24-18)25-9-2-7-22-8-10-25/h4-7,11-12,14,17H,2-3,8-10,13H2,1H3;4-7,12-14H,3,8-11H2,1-2H3;3-6,11-13H,7-10H2,1-2H3;3-6,11-13,22H,2,7-10H2,1H3/t17-;;;/m0.../s1. The number of aryl methyl sites for hydroxylation is 4. The molecule has 0 unspecified atom stereocenters. The molecule has 21 rings (SSSR count). The number of pyridine rings is 4. The average molecular weight is 1610 g/mol. The molecule has 0 amide bonds. The molecule has 115 heavy (non-hydrogen) atoms. The van der Waals surface area contributed by atoms with Crippen LogP contribution in [0.5, 0.6) is 0 Å². The van der Waals surface area contributed by atoms with Crippen LogP contribution in [-0.4, -0.2) is 197 Å². The summed E-state index contributed by atoms with van der Waals surface area (Å²) in [5.41, 5.74) is 17.3. The number of rotatable bonds is 8. The Bertz CT molecular complexity index is 6630. The van der Waals surface area contributed by atoms with Crippen LogP contribution < -0.4 is 47.2 Å². The first-order valence-corrected chi connectivity index (χ1v) is 42.7. The van der Waals surface area contributed by atoms with E-state index in [1.165, 1.54) is 19.4 Å². The van der Waals surface area contributed by atoms with Gasteiger partial charge in [0.25, 0.3) is 22.2 Å². The van der Waals surface area contributed by atoms with Crippen molar-refractivity contribution in [3.63, 3.8) is 0 Å². The number of fused-ring (bicyclic) bond motifs is 9. The summed E-state index contributed by atoms with van der Waals surface area (Å²) in [4.78, 5) is 105.